The zero-order valence-corrected chi connectivity index (χ0v) is 16.7. The van der Waals surface area contributed by atoms with Gasteiger partial charge >= 0.3 is 6.03 Å². The average Bonchev–Trinajstić information content (AvgIpc) is 3.07. The summed E-state index contributed by atoms with van der Waals surface area (Å²) in [4.78, 5) is 26.9. The molecule has 1 N–H and O–H groups in total. The number of nitrogens with zero attached hydrogens (tertiary/aromatic N) is 1. The minimum Gasteiger partial charge on any atom is -0.496 e. The molecular weight excluding hydrogens is 390 g/mol. The van der Waals surface area contributed by atoms with Crippen molar-refractivity contribution >= 4 is 23.7 Å². The lowest BCUT2D eigenvalue weighted by Gasteiger charge is -2.21. The van der Waals surface area contributed by atoms with Crippen LogP contribution in [0.5, 0.6) is 5.75 Å². The molecule has 1 atom stereocenters. The van der Waals surface area contributed by atoms with Gasteiger partial charge < -0.3 is 14.5 Å². The van der Waals surface area contributed by atoms with Crippen molar-refractivity contribution in [2.45, 2.75) is 43.5 Å². The van der Waals surface area contributed by atoms with E-state index in [0.717, 1.165) is 4.90 Å². The highest BCUT2D eigenvalue weighted by Gasteiger charge is 2.50. The van der Waals surface area contributed by atoms with Crippen LogP contribution in [0.3, 0.4) is 0 Å². The van der Waals surface area contributed by atoms with Gasteiger partial charge in [-0.2, -0.15) is 8.78 Å². The molecule has 1 aromatic heterocycles. The number of hydrogen-bond donors (Lipinski definition) is 1. The number of benzene rings is 1. The van der Waals surface area contributed by atoms with Crippen LogP contribution in [0.4, 0.5) is 13.6 Å². The summed E-state index contributed by atoms with van der Waals surface area (Å²) in [5.41, 5.74) is -0.0375. The number of nitrogens with one attached hydrogen (secondary N) is 1. The summed E-state index contributed by atoms with van der Waals surface area (Å²) in [5.74, 6) is -1.52. The van der Waals surface area contributed by atoms with E-state index in [-0.39, 0.29) is 17.2 Å². The Bertz CT molecular complexity index is 931. The van der Waals surface area contributed by atoms with E-state index >= 15 is 0 Å². The van der Waals surface area contributed by atoms with E-state index < -0.39 is 23.2 Å². The second-order valence-corrected chi connectivity index (χ2v) is 7.67. The van der Waals surface area contributed by atoms with Crippen LogP contribution >= 0.6 is 11.8 Å². The largest absolute Gasteiger partial charge is 0.496 e. The molecule has 9 heteroatoms. The Kier molecular flexibility index (Phi) is 5.38. The molecule has 1 aliphatic rings. The zero-order chi connectivity index (χ0) is 20.6. The van der Waals surface area contributed by atoms with Crippen molar-refractivity contribution in [2.24, 2.45) is 0 Å². The van der Waals surface area contributed by atoms with Crippen LogP contribution in [0.15, 0.2) is 33.6 Å². The molecule has 1 aliphatic heterocycles. The second kappa shape index (κ2) is 7.46. The first kappa shape index (κ1) is 20.2. The van der Waals surface area contributed by atoms with Gasteiger partial charge in [0.05, 0.1) is 18.6 Å². The summed E-state index contributed by atoms with van der Waals surface area (Å²) in [5, 5.41) is 2.73. The molecule has 1 saturated heterocycles. The number of furan rings is 1. The van der Waals surface area contributed by atoms with Crippen LogP contribution in [0.2, 0.25) is 0 Å². The summed E-state index contributed by atoms with van der Waals surface area (Å²) in [6, 6.07) is 5.84. The number of thioether (sulfide) groups is 1. The lowest BCUT2D eigenvalue weighted by Crippen LogP contribution is -2.41. The van der Waals surface area contributed by atoms with E-state index in [2.05, 4.69) is 5.32 Å². The Hall–Kier alpha value is -2.55. The minimum atomic E-state index is -2.58. The molecule has 1 aromatic carbocycles. The molecule has 0 spiro atoms. The third-order valence-electron chi connectivity index (χ3n) is 4.64. The van der Waals surface area contributed by atoms with Crippen LogP contribution in [-0.2, 0) is 16.9 Å². The fraction of sp³-hybridized carbons (Fsp3) is 0.368. The van der Waals surface area contributed by atoms with Gasteiger partial charge in [0.2, 0.25) is 0 Å². The van der Waals surface area contributed by atoms with E-state index in [1.165, 1.54) is 13.2 Å². The van der Waals surface area contributed by atoms with Crippen molar-refractivity contribution in [1.29, 1.82) is 0 Å². The first-order chi connectivity index (χ1) is 13.2. The Morgan fingerprint density at radius 3 is 2.57 bits per heavy atom. The molecule has 150 valence electrons. The topological polar surface area (TPSA) is 71.8 Å². The van der Waals surface area contributed by atoms with Gasteiger partial charge in [-0.15, -0.1) is 0 Å². The third-order valence-corrected chi connectivity index (χ3v) is 5.41. The van der Waals surface area contributed by atoms with Gasteiger partial charge in [-0.05, 0) is 44.5 Å². The third kappa shape index (κ3) is 3.58. The number of alkyl halides is 2. The fourth-order valence-electron chi connectivity index (χ4n) is 3.34. The predicted molar refractivity (Wildman–Crippen MR) is 99.5 cm³/mol. The summed E-state index contributed by atoms with van der Waals surface area (Å²) in [7, 11) is 1.38. The molecule has 0 aliphatic carbocycles. The van der Waals surface area contributed by atoms with E-state index in [1.807, 2.05) is 0 Å². The molecule has 0 radical (unpaired) electrons. The Labute approximate surface area is 165 Å². The van der Waals surface area contributed by atoms with Crippen LogP contribution in [0, 0.1) is 13.8 Å². The maximum absolute atomic E-state index is 13.0. The second-order valence-electron chi connectivity index (χ2n) is 6.64. The quantitative estimate of drug-likeness (QED) is 0.571. The number of amides is 3. The van der Waals surface area contributed by atoms with Crippen LogP contribution < -0.4 is 10.1 Å². The predicted octanol–water partition coefficient (Wildman–Crippen LogP) is 4.19. The van der Waals surface area contributed by atoms with Crippen LogP contribution in [0.1, 0.15) is 29.6 Å². The van der Waals surface area contributed by atoms with Gasteiger partial charge in [0.1, 0.15) is 22.8 Å². The summed E-state index contributed by atoms with van der Waals surface area (Å²) < 4.78 is 35.9. The molecular formula is C19H20F2N2O4S. The van der Waals surface area contributed by atoms with Gasteiger partial charge in [-0.1, -0.05) is 17.8 Å². The number of aryl methyl sites for hydroxylation is 2. The fourth-order valence-corrected chi connectivity index (χ4v) is 3.93. The lowest BCUT2D eigenvalue weighted by molar-refractivity contribution is -0.131. The highest BCUT2D eigenvalue weighted by Crippen LogP contribution is 2.36. The summed E-state index contributed by atoms with van der Waals surface area (Å²) in [6.45, 7) is 5.13. The highest BCUT2D eigenvalue weighted by molar-refractivity contribution is 7.99. The minimum absolute atomic E-state index is 0.00781. The number of rotatable bonds is 6. The summed E-state index contributed by atoms with van der Waals surface area (Å²) >= 11 is 0.375. The number of ether oxygens (including phenoxy) is 1. The molecule has 2 heterocycles. The van der Waals surface area contributed by atoms with Gasteiger partial charge in [-0.3, -0.25) is 9.69 Å². The Morgan fingerprint density at radius 2 is 2.00 bits per heavy atom. The summed E-state index contributed by atoms with van der Waals surface area (Å²) in [6.07, 6.45) is 0. The van der Waals surface area contributed by atoms with E-state index in [4.69, 9.17) is 9.15 Å². The number of imide groups is 1. The standard InChI is InChI=1S/C19H20F2N2O4S/c1-10-7-13(11(2)27-10)19(3)16(24)23(18(25)22-19)9-12-5-6-15(28-17(20)21)14(8-12)26-4/h5-8,17H,9H2,1-4H3,(H,22,25). The van der Waals surface area contributed by atoms with E-state index in [0.29, 0.717) is 34.4 Å². The van der Waals surface area contributed by atoms with Crippen molar-refractivity contribution in [1.82, 2.24) is 10.2 Å². The van der Waals surface area contributed by atoms with Crippen molar-refractivity contribution in [3.63, 3.8) is 0 Å². The first-order valence-corrected chi connectivity index (χ1v) is 9.37. The van der Waals surface area contributed by atoms with E-state index in [1.54, 1.807) is 39.0 Å². The van der Waals surface area contributed by atoms with Gasteiger partial charge in [0.15, 0.2) is 0 Å². The van der Waals surface area contributed by atoms with Gasteiger partial charge in [0, 0.05) is 5.56 Å². The SMILES string of the molecule is COc1cc(CN2C(=O)NC(C)(c3cc(C)oc3C)C2=O)ccc1SC(F)F. The lowest BCUT2D eigenvalue weighted by atomic mass is 9.92. The van der Waals surface area contributed by atoms with Gasteiger partial charge in [0.25, 0.3) is 11.7 Å². The Morgan fingerprint density at radius 1 is 1.29 bits per heavy atom. The molecule has 6 nitrogen and oxygen atoms in total. The molecule has 2 aromatic rings. The first-order valence-electron chi connectivity index (χ1n) is 8.49. The molecule has 1 fully saturated rings. The molecule has 0 bridgehead atoms. The number of methoxy groups -OCH3 is 1. The van der Waals surface area contributed by atoms with Crippen molar-refractivity contribution in [3.05, 3.63) is 46.9 Å². The maximum Gasteiger partial charge on any atom is 0.325 e. The maximum atomic E-state index is 13.0. The van der Waals surface area contributed by atoms with Crippen LogP contribution in [-0.4, -0.2) is 29.7 Å². The number of urea groups is 1. The van der Waals surface area contributed by atoms with Crippen LogP contribution in [0.25, 0.3) is 0 Å². The number of carbonyl (C=O) groups is 2. The van der Waals surface area contributed by atoms with Crippen molar-refractivity contribution < 1.29 is 27.5 Å². The van der Waals surface area contributed by atoms with Crippen molar-refractivity contribution in [3.8, 4) is 5.75 Å². The molecule has 3 amide bonds. The van der Waals surface area contributed by atoms with Crippen molar-refractivity contribution in [2.75, 3.05) is 7.11 Å². The normalized spacial score (nSPS) is 19.5. The van der Waals surface area contributed by atoms with Gasteiger partial charge in [-0.25, -0.2) is 4.79 Å². The highest BCUT2D eigenvalue weighted by atomic mass is 32.2. The van der Waals surface area contributed by atoms with E-state index in [9.17, 15) is 18.4 Å². The zero-order valence-electron chi connectivity index (χ0n) is 15.8. The number of carbonyl (C=O) groups excluding carboxylic acids is 2. The molecule has 3 rings (SSSR count). The molecule has 0 saturated carbocycles. The monoisotopic (exact) mass is 410 g/mol. The Balaban J connectivity index is 1.86. The average molecular weight is 410 g/mol. The molecule has 28 heavy (non-hydrogen) atoms. The number of halogens is 2. The molecule has 1 unspecified atom stereocenters. The number of hydrogen-bond acceptors (Lipinski definition) is 5. The smallest absolute Gasteiger partial charge is 0.325 e.